The molecular weight excluding hydrogens is 269 g/mol. The predicted octanol–water partition coefficient (Wildman–Crippen LogP) is 2.21. The van der Waals surface area contributed by atoms with Gasteiger partial charge in [-0.1, -0.05) is 24.3 Å². The number of hydrogen-bond donors (Lipinski definition) is 1. The van der Waals surface area contributed by atoms with E-state index in [2.05, 4.69) is 15.2 Å². The Morgan fingerprint density at radius 1 is 1.19 bits per heavy atom. The van der Waals surface area contributed by atoms with Crippen LogP contribution in [0.15, 0.2) is 42.6 Å². The molecule has 1 heterocycles. The first-order valence-electron chi connectivity index (χ1n) is 6.68. The highest BCUT2D eigenvalue weighted by Gasteiger charge is 2.12. The van der Waals surface area contributed by atoms with Crippen molar-refractivity contribution in [2.24, 2.45) is 0 Å². The van der Waals surface area contributed by atoms with E-state index in [-0.39, 0.29) is 5.56 Å². The molecule has 0 saturated carbocycles. The molecule has 0 saturated heterocycles. The summed E-state index contributed by atoms with van der Waals surface area (Å²) >= 11 is 0. The highest BCUT2D eigenvalue weighted by atomic mass is 19.1. The molecule has 4 nitrogen and oxygen atoms in total. The summed E-state index contributed by atoms with van der Waals surface area (Å²) in [5.74, 6) is -1.21. The lowest BCUT2D eigenvalue weighted by atomic mass is 10.1. The average Bonchev–Trinajstić information content (AvgIpc) is 2.46. The van der Waals surface area contributed by atoms with Crippen molar-refractivity contribution in [3.05, 3.63) is 65.2 Å². The number of nitrogens with one attached hydrogen (secondary N) is 1. The van der Waals surface area contributed by atoms with Gasteiger partial charge in [-0.3, -0.25) is 4.79 Å². The van der Waals surface area contributed by atoms with E-state index in [0.29, 0.717) is 6.54 Å². The maximum absolute atomic E-state index is 13.4. The van der Waals surface area contributed by atoms with Crippen LogP contribution in [-0.2, 0) is 13.1 Å². The van der Waals surface area contributed by atoms with Crippen LogP contribution in [0.5, 0.6) is 0 Å². The summed E-state index contributed by atoms with van der Waals surface area (Å²) < 4.78 is 13.4. The zero-order valence-corrected chi connectivity index (χ0v) is 12.1. The molecule has 110 valence electrons. The molecule has 2 rings (SSSR count). The van der Waals surface area contributed by atoms with Crippen molar-refractivity contribution in [1.29, 1.82) is 0 Å². The van der Waals surface area contributed by atoms with Crippen molar-refractivity contribution >= 4 is 5.91 Å². The maximum Gasteiger partial charge on any atom is 0.256 e. The molecule has 0 fully saturated rings. The Kier molecular flexibility index (Phi) is 5.00. The third-order valence-electron chi connectivity index (χ3n) is 3.05. The van der Waals surface area contributed by atoms with Crippen molar-refractivity contribution in [3.63, 3.8) is 0 Å². The normalized spacial score (nSPS) is 10.7. The van der Waals surface area contributed by atoms with Gasteiger partial charge < -0.3 is 10.2 Å². The Bertz CT molecular complexity index is 628. The fourth-order valence-electron chi connectivity index (χ4n) is 2.05. The largest absolute Gasteiger partial charge is 0.348 e. The molecule has 0 aliphatic rings. The molecule has 0 aliphatic heterocycles. The quantitative estimate of drug-likeness (QED) is 0.858. The van der Waals surface area contributed by atoms with E-state index in [1.165, 1.54) is 18.3 Å². The summed E-state index contributed by atoms with van der Waals surface area (Å²) in [6.45, 7) is 1.14. The summed E-state index contributed by atoms with van der Waals surface area (Å²) in [5.41, 5.74) is 2.11. The number of pyridine rings is 1. The molecule has 0 atom stereocenters. The standard InChI is InChI=1S/C16H18FN3O/c1-20(2)11-13-7-4-3-6-12(13)10-19-16(21)14-8-5-9-18-15(14)17/h3-9H,10-11H2,1-2H3,(H,19,21). The summed E-state index contributed by atoms with van der Waals surface area (Å²) in [7, 11) is 3.97. The van der Waals surface area contributed by atoms with Gasteiger partial charge in [-0.15, -0.1) is 0 Å². The second-order valence-electron chi connectivity index (χ2n) is 5.03. The molecule has 0 unspecified atom stereocenters. The van der Waals surface area contributed by atoms with Crippen LogP contribution in [0, 0.1) is 5.95 Å². The first-order valence-corrected chi connectivity index (χ1v) is 6.68. The van der Waals surface area contributed by atoms with Crippen molar-refractivity contribution in [2.75, 3.05) is 14.1 Å². The monoisotopic (exact) mass is 287 g/mol. The minimum Gasteiger partial charge on any atom is -0.348 e. The number of nitrogens with zero attached hydrogens (tertiary/aromatic N) is 2. The Labute approximate surface area is 123 Å². The van der Waals surface area contributed by atoms with Gasteiger partial charge in [-0.05, 0) is 37.4 Å². The molecule has 0 radical (unpaired) electrons. The predicted molar refractivity (Wildman–Crippen MR) is 79.2 cm³/mol. The van der Waals surface area contributed by atoms with Gasteiger partial charge in [0.15, 0.2) is 0 Å². The summed E-state index contributed by atoms with van der Waals surface area (Å²) in [4.78, 5) is 17.5. The van der Waals surface area contributed by atoms with Gasteiger partial charge in [0, 0.05) is 19.3 Å². The summed E-state index contributed by atoms with van der Waals surface area (Å²) in [6.07, 6.45) is 1.32. The lowest BCUT2D eigenvalue weighted by Gasteiger charge is -2.14. The number of halogens is 1. The molecule has 21 heavy (non-hydrogen) atoms. The minimum atomic E-state index is -0.753. The fourth-order valence-corrected chi connectivity index (χ4v) is 2.05. The first kappa shape index (κ1) is 15.1. The van der Waals surface area contributed by atoms with Crippen LogP contribution in [0.4, 0.5) is 4.39 Å². The van der Waals surface area contributed by atoms with Gasteiger partial charge in [0.25, 0.3) is 5.91 Å². The lowest BCUT2D eigenvalue weighted by molar-refractivity contribution is 0.0946. The highest BCUT2D eigenvalue weighted by Crippen LogP contribution is 2.11. The van der Waals surface area contributed by atoms with Crippen molar-refractivity contribution in [1.82, 2.24) is 15.2 Å². The summed E-state index contributed by atoms with van der Waals surface area (Å²) in [6, 6.07) is 10.8. The van der Waals surface area contributed by atoms with Crippen molar-refractivity contribution in [2.45, 2.75) is 13.1 Å². The van der Waals surface area contributed by atoms with Crippen LogP contribution in [0.3, 0.4) is 0 Å². The number of amides is 1. The minimum absolute atomic E-state index is 0.0393. The van der Waals surface area contributed by atoms with E-state index in [0.717, 1.165) is 17.7 Å². The van der Waals surface area contributed by atoms with Crippen LogP contribution in [-0.4, -0.2) is 29.9 Å². The number of hydrogen-bond acceptors (Lipinski definition) is 3. The topological polar surface area (TPSA) is 45.2 Å². The number of carbonyl (C=O) groups excluding carboxylic acids is 1. The third-order valence-corrected chi connectivity index (χ3v) is 3.05. The van der Waals surface area contributed by atoms with Gasteiger partial charge in [-0.25, -0.2) is 4.98 Å². The van der Waals surface area contributed by atoms with Gasteiger partial charge in [-0.2, -0.15) is 4.39 Å². The van der Waals surface area contributed by atoms with Crippen LogP contribution in [0.1, 0.15) is 21.5 Å². The molecule has 0 aliphatic carbocycles. The smallest absolute Gasteiger partial charge is 0.256 e. The Hall–Kier alpha value is -2.27. The van der Waals surface area contributed by atoms with E-state index in [9.17, 15) is 9.18 Å². The van der Waals surface area contributed by atoms with Crippen molar-refractivity contribution in [3.8, 4) is 0 Å². The molecule has 1 aromatic heterocycles. The van der Waals surface area contributed by atoms with Gasteiger partial charge in [0.2, 0.25) is 5.95 Å². The Morgan fingerprint density at radius 2 is 1.90 bits per heavy atom. The van der Waals surface area contributed by atoms with E-state index in [1.54, 1.807) is 0 Å². The van der Waals surface area contributed by atoms with Gasteiger partial charge >= 0.3 is 0 Å². The third kappa shape index (κ3) is 4.10. The van der Waals surface area contributed by atoms with Gasteiger partial charge in [0.05, 0.1) is 5.56 Å². The van der Waals surface area contributed by atoms with E-state index < -0.39 is 11.9 Å². The number of aromatic nitrogens is 1. The van der Waals surface area contributed by atoms with E-state index in [4.69, 9.17) is 0 Å². The molecule has 0 spiro atoms. The first-order chi connectivity index (χ1) is 10.1. The molecule has 1 aromatic carbocycles. The Morgan fingerprint density at radius 3 is 2.57 bits per heavy atom. The van der Waals surface area contributed by atoms with E-state index in [1.807, 2.05) is 38.4 Å². The number of benzene rings is 1. The molecule has 5 heteroatoms. The molecule has 0 bridgehead atoms. The summed E-state index contributed by atoms with van der Waals surface area (Å²) in [5, 5.41) is 2.73. The van der Waals surface area contributed by atoms with Crippen LogP contribution < -0.4 is 5.32 Å². The number of rotatable bonds is 5. The fraction of sp³-hybridized carbons (Fsp3) is 0.250. The van der Waals surface area contributed by atoms with Crippen LogP contribution >= 0.6 is 0 Å². The van der Waals surface area contributed by atoms with Crippen molar-refractivity contribution < 1.29 is 9.18 Å². The maximum atomic E-state index is 13.4. The van der Waals surface area contributed by atoms with Gasteiger partial charge in [0.1, 0.15) is 0 Å². The average molecular weight is 287 g/mol. The molecular formula is C16H18FN3O. The zero-order valence-electron chi connectivity index (χ0n) is 12.1. The second kappa shape index (κ2) is 6.95. The number of carbonyl (C=O) groups is 1. The molecule has 1 N–H and O–H groups in total. The SMILES string of the molecule is CN(C)Cc1ccccc1CNC(=O)c1cccnc1F. The highest BCUT2D eigenvalue weighted by molar-refractivity contribution is 5.94. The molecule has 2 aromatic rings. The van der Waals surface area contributed by atoms with Crippen LogP contribution in [0.25, 0.3) is 0 Å². The van der Waals surface area contributed by atoms with Crippen LogP contribution in [0.2, 0.25) is 0 Å². The van der Waals surface area contributed by atoms with E-state index >= 15 is 0 Å². The Balaban J connectivity index is 2.07. The lowest BCUT2D eigenvalue weighted by Crippen LogP contribution is -2.25. The second-order valence-corrected chi connectivity index (χ2v) is 5.03. The molecule has 1 amide bonds. The zero-order chi connectivity index (χ0) is 15.2.